The van der Waals surface area contributed by atoms with Gasteiger partial charge in [0.2, 0.25) is 0 Å². The highest BCUT2D eigenvalue weighted by Gasteiger charge is 2.24. The number of benzene rings is 2. The summed E-state index contributed by atoms with van der Waals surface area (Å²) in [6, 6.07) is 11.9. The molecule has 0 spiro atoms. The van der Waals surface area contributed by atoms with Crippen LogP contribution in [0, 0.1) is 10.1 Å². The number of hydrogen-bond donors (Lipinski definition) is 0. The van der Waals surface area contributed by atoms with Crippen LogP contribution in [0.1, 0.15) is 21.5 Å². The molecule has 0 amide bonds. The quantitative estimate of drug-likeness (QED) is 0.477. The molecule has 5 heteroatoms. The van der Waals surface area contributed by atoms with E-state index < -0.39 is 4.92 Å². The lowest BCUT2D eigenvalue weighted by Gasteiger charge is -1.99. The van der Waals surface area contributed by atoms with Gasteiger partial charge in [0.1, 0.15) is 5.02 Å². The molecule has 0 saturated heterocycles. The maximum atomic E-state index is 12.3. The molecule has 2 aromatic carbocycles. The van der Waals surface area contributed by atoms with Crippen LogP contribution >= 0.6 is 11.6 Å². The Kier molecular flexibility index (Phi) is 3.31. The first kappa shape index (κ1) is 13.5. The Labute approximate surface area is 125 Å². The van der Waals surface area contributed by atoms with Crippen LogP contribution in [0.3, 0.4) is 0 Å². The van der Waals surface area contributed by atoms with Crippen molar-refractivity contribution in [3.63, 3.8) is 0 Å². The van der Waals surface area contributed by atoms with E-state index >= 15 is 0 Å². The normalized spacial score (nSPS) is 15.3. The second kappa shape index (κ2) is 5.14. The Hall–Kier alpha value is -2.46. The predicted octanol–water partition coefficient (Wildman–Crippen LogP) is 4.07. The summed E-state index contributed by atoms with van der Waals surface area (Å²) in [5.41, 5.74) is 2.76. The average molecular weight is 300 g/mol. The minimum absolute atomic E-state index is 0.0248. The smallest absolute Gasteiger partial charge is 0.288 e. The van der Waals surface area contributed by atoms with Crippen LogP contribution in [-0.4, -0.2) is 10.7 Å². The lowest BCUT2D eigenvalue weighted by atomic mass is 10.1. The number of carbonyl (C=O) groups is 1. The molecule has 0 fully saturated rings. The number of halogens is 1. The number of hydrogen-bond acceptors (Lipinski definition) is 3. The Morgan fingerprint density at radius 1 is 1.19 bits per heavy atom. The lowest BCUT2D eigenvalue weighted by molar-refractivity contribution is -0.384. The maximum absolute atomic E-state index is 12.3. The van der Waals surface area contributed by atoms with E-state index in [1.54, 1.807) is 18.2 Å². The van der Waals surface area contributed by atoms with Gasteiger partial charge in [-0.25, -0.2) is 0 Å². The highest BCUT2D eigenvalue weighted by atomic mass is 35.5. The third-order valence-corrected chi connectivity index (χ3v) is 3.76. The molecule has 1 aliphatic rings. The minimum Gasteiger partial charge on any atom is -0.289 e. The van der Waals surface area contributed by atoms with Crippen LogP contribution < -0.4 is 0 Å². The van der Waals surface area contributed by atoms with Gasteiger partial charge in [-0.15, -0.1) is 0 Å². The van der Waals surface area contributed by atoms with Crippen molar-refractivity contribution in [2.75, 3.05) is 0 Å². The third kappa shape index (κ3) is 2.45. The van der Waals surface area contributed by atoms with Crippen LogP contribution in [0.15, 0.2) is 48.0 Å². The van der Waals surface area contributed by atoms with Crippen molar-refractivity contribution in [3.05, 3.63) is 79.9 Å². The highest BCUT2D eigenvalue weighted by Crippen LogP contribution is 2.30. The summed E-state index contributed by atoms with van der Waals surface area (Å²) >= 11 is 5.78. The fourth-order valence-electron chi connectivity index (χ4n) is 2.43. The number of allylic oxidation sites excluding steroid dienone is 1. The van der Waals surface area contributed by atoms with E-state index in [4.69, 9.17) is 11.6 Å². The molecule has 0 radical (unpaired) electrons. The zero-order chi connectivity index (χ0) is 15.0. The molecule has 0 N–H and O–H groups in total. The molecule has 0 saturated carbocycles. The number of Topliss-reactive ketones (excluding diaryl/α,β-unsaturated/α-hetero) is 1. The van der Waals surface area contributed by atoms with Crippen molar-refractivity contribution < 1.29 is 9.72 Å². The Bertz CT molecular complexity index is 796. The molecule has 4 nitrogen and oxygen atoms in total. The van der Waals surface area contributed by atoms with Gasteiger partial charge in [0.15, 0.2) is 5.78 Å². The van der Waals surface area contributed by atoms with Gasteiger partial charge in [-0.2, -0.15) is 0 Å². The molecule has 1 aliphatic carbocycles. The molecule has 0 bridgehead atoms. The van der Waals surface area contributed by atoms with Gasteiger partial charge in [-0.3, -0.25) is 14.9 Å². The first-order valence-corrected chi connectivity index (χ1v) is 6.71. The summed E-state index contributed by atoms with van der Waals surface area (Å²) in [6.07, 6.45) is 2.23. The molecule has 0 heterocycles. The number of nitrogens with zero attached hydrogens (tertiary/aromatic N) is 1. The lowest BCUT2D eigenvalue weighted by Crippen LogP contribution is -1.95. The molecular weight excluding hydrogens is 290 g/mol. The molecule has 21 heavy (non-hydrogen) atoms. The van der Waals surface area contributed by atoms with Crippen LogP contribution in [0.25, 0.3) is 6.08 Å². The van der Waals surface area contributed by atoms with Gasteiger partial charge in [0, 0.05) is 23.6 Å². The zero-order valence-corrected chi connectivity index (χ0v) is 11.6. The van der Waals surface area contributed by atoms with Crippen molar-refractivity contribution in [3.8, 4) is 0 Å². The van der Waals surface area contributed by atoms with E-state index in [2.05, 4.69) is 0 Å². The van der Waals surface area contributed by atoms with Crippen molar-refractivity contribution in [1.29, 1.82) is 0 Å². The van der Waals surface area contributed by atoms with E-state index in [0.29, 0.717) is 23.1 Å². The summed E-state index contributed by atoms with van der Waals surface area (Å²) < 4.78 is 0. The van der Waals surface area contributed by atoms with Crippen molar-refractivity contribution in [2.24, 2.45) is 0 Å². The summed E-state index contributed by atoms with van der Waals surface area (Å²) in [4.78, 5) is 22.6. The SMILES string of the molecule is O=C1C(=Cc2ccc(Cl)c([N+](=O)[O-])c2)Cc2ccccc21. The molecule has 0 atom stereocenters. The fourth-order valence-corrected chi connectivity index (χ4v) is 2.62. The van der Waals surface area contributed by atoms with E-state index in [0.717, 1.165) is 5.56 Å². The molecule has 2 aromatic rings. The van der Waals surface area contributed by atoms with Crippen LogP contribution in [0.5, 0.6) is 0 Å². The summed E-state index contributed by atoms with van der Waals surface area (Å²) in [5.74, 6) is -0.0248. The summed E-state index contributed by atoms with van der Waals surface area (Å²) in [6.45, 7) is 0. The maximum Gasteiger partial charge on any atom is 0.288 e. The Morgan fingerprint density at radius 2 is 1.95 bits per heavy atom. The third-order valence-electron chi connectivity index (χ3n) is 3.44. The van der Waals surface area contributed by atoms with Crippen molar-refractivity contribution >= 4 is 29.1 Å². The van der Waals surface area contributed by atoms with E-state index in [1.807, 2.05) is 18.2 Å². The predicted molar refractivity (Wildman–Crippen MR) is 80.6 cm³/mol. The van der Waals surface area contributed by atoms with E-state index in [1.165, 1.54) is 12.1 Å². The molecule has 104 valence electrons. The topological polar surface area (TPSA) is 60.2 Å². The second-order valence-corrected chi connectivity index (χ2v) is 5.21. The molecule has 0 aliphatic heterocycles. The molecular formula is C16H10ClNO3. The van der Waals surface area contributed by atoms with Crippen LogP contribution in [0.2, 0.25) is 5.02 Å². The van der Waals surface area contributed by atoms with Crippen LogP contribution in [-0.2, 0) is 6.42 Å². The highest BCUT2D eigenvalue weighted by molar-refractivity contribution is 6.32. The van der Waals surface area contributed by atoms with E-state index in [-0.39, 0.29) is 16.5 Å². The number of nitro benzene ring substituents is 1. The standard InChI is InChI=1S/C16H10ClNO3/c17-14-6-5-10(8-15(14)18(20)21)7-12-9-11-3-1-2-4-13(11)16(12)19/h1-8H,9H2. The monoisotopic (exact) mass is 299 g/mol. The fraction of sp³-hybridized carbons (Fsp3) is 0.0625. The minimum atomic E-state index is -0.532. The van der Waals surface area contributed by atoms with Gasteiger partial charge in [0.25, 0.3) is 5.69 Å². The molecule has 0 aromatic heterocycles. The van der Waals surface area contributed by atoms with Gasteiger partial charge >= 0.3 is 0 Å². The second-order valence-electron chi connectivity index (χ2n) is 4.80. The molecule has 0 unspecified atom stereocenters. The number of ketones is 1. The molecule has 3 rings (SSSR count). The van der Waals surface area contributed by atoms with Crippen LogP contribution in [0.4, 0.5) is 5.69 Å². The number of carbonyl (C=O) groups excluding carboxylic acids is 1. The van der Waals surface area contributed by atoms with Crippen molar-refractivity contribution in [2.45, 2.75) is 6.42 Å². The first-order chi connectivity index (χ1) is 10.1. The Morgan fingerprint density at radius 3 is 2.67 bits per heavy atom. The average Bonchev–Trinajstić information content (AvgIpc) is 2.78. The first-order valence-electron chi connectivity index (χ1n) is 6.33. The number of rotatable bonds is 2. The number of fused-ring (bicyclic) bond motifs is 1. The summed E-state index contributed by atoms with van der Waals surface area (Å²) in [7, 11) is 0. The van der Waals surface area contributed by atoms with Gasteiger partial charge in [-0.05, 0) is 23.3 Å². The van der Waals surface area contributed by atoms with Gasteiger partial charge in [-0.1, -0.05) is 41.9 Å². The summed E-state index contributed by atoms with van der Waals surface area (Å²) in [5, 5.41) is 11.0. The number of nitro groups is 1. The Balaban J connectivity index is 2.00. The van der Waals surface area contributed by atoms with E-state index in [9.17, 15) is 14.9 Å². The van der Waals surface area contributed by atoms with Gasteiger partial charge < -0.3 is 0 Å². The van der Waals surface area contributed by atoms with Gasteiger partial charge in [0.05, 0.1) is 4.92 Å². The van der Waals surface area contributed by atoms with Crippen molar-refractivity contribution in [1.82, 2.24) is 0 Å². The zero-order valence-electron chi connectivity index (χ0n) is 10.9. The largest absolute Gasteiger partial charge is 0.289 e.